The Bertz CT molecular complexity index is 778. The number of carbonyl (C=O) groups excluding carboxylic acids is 1. The van der Waals surface area contributed by atoms with E-state index in [-0.39, 0.29) is 31.0 Å². The van der Waals surface area contributed by atoms with Crippen LogP contribution in [-0.2, 0) is 11.3 Å². The van der Waals surface area contributed by atoms with Crippen LogP contribution < -0.4 is 20.5 Å². The number of benzene rings is 2. The Balaban J connectivity index is 0.00000300. The minimum absolute atomic E-state index is 0. The number of rotatable bonds is 8. The predicted molar refractivity (Wildman–Crippen MR) is 118 cm³/mol. The molecular weight excluding hydrogens is 390 g/mol. The molecule has 2 aromatic carbocycles. The number of hydrogen-bond acceptors (Lipinski definition) is 5. The summed E-state index contributed by atoms with van der Waals surface area (Å²) in [6.45, 7) is 7.31. The molecule has 1 fully saturated rings. The normalized spacial score (nSPS) is 18.7. The van der Waals surface area contributed by atoms with E-state index in [1.54, 1.807) is 0 Å². The van der Waals surface area contributed by atoms with E-state index in [1.165, 1.54) is 0 Å². The zero-order chi connectivity index (χ0) is 19.9. The summed E-state index contributed by atoms with van der Waals surface area (Å²) in [5.41, 5.74) is 8.01. The maximum Gasteiger partial charge on any atom is 0.262 e. The number of anilines is 1. The van der Waals surface area contributed by atoms with Gasteiger partial charge in [0.15, 0.2) is 18.1 Å². The van der Waals surface area contributed by atoms with Crippen molar-refractivity contribution in [2.24, 2.45) is 11.7 Å². The van der Waals surface area contributed by atoms with Crippen molar-refractivity contribution in [1.82, 2.24) is 4.90 Å². The Morgan fingerprint density at radius 1 is 1.14 bits per heavy atom. The van der Waals surface area contributed by atoms with Gasteiger partial charge in [-0.3, -0.25) is 9.69 Å². The van der Waals surface area contributed by atoms with Crippen LogP contribution in [-0.4, -0.2) is 43.2 Å². The first kappa shape index (κ1) is 23.0. The fraction of sp³-hybridized carbons (Fsp3) is 0.409. The number of hydrogen-bond donors (Lipinski definition) is 2. The fourth-order valence-electron chi connectivity index (χ4n) is 3.38. The summed E-state index contributed by atoms with van der Waals surface area (Å²) < 4.78 is 11.4. The van der Waals surface area contributed by atoms with E-state index in [0.717, 1.165) is 30.9 Å². The maximum atomic E-state index is 12.1. The van der Waals surface area contributed by atoms with Crippen molar-refractivity contribution in [3.05, 3.63) is 54.1 Å². The fourth-order valence-corrected chi connectivity index (χ4v) is 3.38. The Kier molecular flexibility index (Phi) is 8.76. The number of carbonyl (C=O) groups is 1. The minimum Gasteiger partial charge on any atom is -0.490 e. The van der Waals surface area contributed by atoms with Gasteiger partial charge in [-0.1, -0.05) is 31.2 Å². The summed E-state index contributed by atoms with van der Waals surface area (Å²) in [5, 5.41) is 2.81. The van der Waals surface area contributed by atoms with Crippen molar-refractivity contribution >= 4 is 24.0 Å². The van der Waals surface area contributed by atoms with Gasteiger partial charge in [-0.05, 0) is 42.7 Å². The standard InChI is InChI=1S/C22H29N3O3.ClH/c1-3-27-21-11-17(13-25-12-16(2)19(23)14-25)9-10-20(21)28-15-22(26)24-18-7-5-4-6-8-18;/h4-11,16,19H,3,12-15,23H2,1-2H3,(H,24,26);1H. The zero-order valence-electron chi connectivity index (χ0n) is 17.0. The average molecular weight is 420 g/mol. The van der Waals surface area contributed by atoms with Crippen LogP contribution in [0.5, 0.6) is 11.5 Å². The molecule has 2 atom stereocenters. The lowest BCUT2D eigenvalue weighted by Gasteiger charge is -2.17. The van der Waals surface area contributed by atoms with Crippen LogP contribution in [0.4, 0.5) is 5.69 Å². The van der Waals surface area contributed by atoms with E-state index < -0.39 is 0 Å². The lowest BCUT2D eigenvalue weighted by Crippen LogP contribution is -2.28. The molecule has 0 aliphatic carbocycles. The molecule has 7 heteroatoms. The summed E-state index contributed by atoms with van der Waals surface area (Å²) in [5.74, 6) is 1.53. The second-order valence-electron chi connectivity index (χ2n) is 7.25. The molecule has 2 aromatic rings. The van der Waals surface area contributed by atoms with Crippen LogP contribution in [0.25, 0.3) is 0 Å². The Labute approximate surface area is 178 Å². The van der Waals surface area contributed by atoms with E-state index in [1.807, 2.05) is 55.5 Å². The second-order valence-corrected chi connectivity index (χ2v) is 7.25. The third-order valence-corrected chi connectivity index (χ3v) is 4.88. The highest BCUT2D eigenvalue weighted by molar-refractivity contribution is 5.91. The Morgan fingerprint density at radius 2 is 1.90 bits per heavy atom. The first-order valence-corrected chi connectivity index (χ1v) is 9.76. The maximum absolute atomic E-state index is 12.1. The first-order valence-electron chi connectivity index (χ1n) is 9.76. The smallest absolute Gasteiger partial charge is 0.262 e. The van der Waals surface area contributed by atoms with Gasteiger partial charge < -0.3 is 20.5 Å². The predicted octanol–water partition coefficient (Wildman–Crippen LogP) is 3.30. The van der Waals surface area contributed by atoms with Crippen molar-refractivity contribution in [1.29, 1.82) is 0 Å². The highest BCUT2D eigenvalue weighted by Crippen LogP contribution is 2.30. The van der Waals surface area contributed by atoms with Crippen LogP contribution >= 0.6 is 12.4 Å². The molecule has 0 aromatic heterocycles. The van der Waals surface area contributed by atoms with Crippen molar-refractivity contribution in [2.75, 3.05) is 31.6 Å². The largest absolute Gasteiger partial charge is 0.490 e. The third kappa shape index (κ3) is 6.63. The van der Waals surface area contributed by atoms with Crippen LogP contribution in [0.15, 0.2) is 48.5 Å². The van der Waals surface area contributed by atoms with Gasteiger partial charge in [0.2, 0.25) is 0 Å². The lowest BCUT2D eigenvalue weighted by molar-refractivity contribution is -0.118. The number of para-hydroxylation sites is 1. The molecule has 3 rings (SSSR count). The van der Waals surface area contributed by atoms with E-state index >= 15 is 0 Å². The van der Waals surface area contributed by atoms with Gasteiger partial charge >= 0.3 is 0 Å². The Hall–Kier alpha value is -2.28. The third-order valence-electron chi connectivity index (χ3n) is 4.88. The topological polar surface area (TPSA) is 76.8 Å². The van der Waals surface area contributed by atoms with Gasteiger partial charge in [-0.2, -0.15) is 0 Å². The molecule has 1 heterocycles. The zero-order valence-corrected chi connectivity index (χ0v) is 17.8. The number of nitrogens with one attached hydrogen (secondary N) is 1. The molecular formula is C22H30ClN3O3. The van der Waals surface area contributed by atoms with Crippen LogP contribution in [0.2, 0.25) is 0 Å². The van der Waals surface area contributed by atoms with Gasteiger partial charge in [0, 0.05) is 31.4 Å². The summed E-state index contributed by atoms with van der Waals surface area (Å²) in [4.78, 5) is 14.5. The number of amides is 1. The molecule has 1 aliphatic heterocycles. The van der Waals surface area contributed by atoms with Crippen molar-refractivity contribution in [3.63, 3.8) is 0 Å². The summed E-state index contributed by atoms with van der Waals surface area (Å²) >= 11 is 0. The summed E-state index contributed by atoms with van der Waals surface area (Å²) in [6, 6.07) is 15.4. The SMILES string of the molecule is CCOc1cc(CN2CC(C)C(N)C2)ccc1OCC(=O)Nc1ccccc1.Cl. The van der Waals surface area contributed by atoms with E-state index in [4.69, 9.17) is 15.2 Å². The number of halogens is 1. The second kappa shape index (κ2) is 11.0. The summed E-state index contributed by atoms with van der Waals surface area (Å²) in [7, 11) is 0. The van der Waals surface area contributed by atoms with E-state index in [2.05, 4.69) is 17.1 Å². The number of ether oxygens (including phenoxy) is 2. The molecule has 3 N–H and O–H groups in total. The van der Waals surface area contributed by atoms with Gasteiger partial charge in [-0.25, -0.2) is 0 Å². The molecule has 158 valence electrons. The first-order chi connectivity index (χ1) is 13.5. The molecule has 0 radical (unpaired) electrons. The van der Waals surface area contributed by atoms with Gasteiger partial charge in [0.05, 0.1) is 6.61 Å². The lowest BCUT2D eigenvalue weighted by atomic mass is 10.1. The Morgan fingerprint density at radius 3 is 2.55 bits per heavy atom. The number of likely N-dealkylation sites (tertiary alicyclic amines) is 1. The van der Waals surface area contributed by atoms with Crippen LogP contribution in [0, 0.1) is 5.92 Å². The molecule has 1 saturated heterocycles. The van der Waals surface area contributed by atoms with Crippen LogP contribution in [0.1, 0.15) is 19.4 Å². The molecule has 1 amide bonds. The van der Waals surface area contributed by atoms with E-state index in [0.29, 0.717) is 24.0 Å². The highest BCUT2D eigenvalue weighted by atomic mass is 35.5. The molecule has 0 bridgehead atoms. The van der Waals surface area contributed by atoms with Crippen molar-refractivity contribution < 1.29 is 14.3 Å². The van der Waals surface area contributed by atoms with E-state index in [9.17, 15) is 4.79 Å². The molecule has 1 aliphatic rings. The summed E-state index contributed by atoms with van der Waals surface area (Å²) in [6.07, 6.45) is 0. The monoisotopic (exact) mass is 419 g/mol. The quantitative estimate of drug-likeness (QED) is 0.686. The molecule has 2 unspecified atom stereocenters. The van der Waals surface area contributed by atoms with Crippen LogP contribution in [0.3, 0.4) is 0 Å². The average Bonchev–Trinajstić information content (AvgIpc) is 2.99. The number of nitrogens with two attached hydrogens (primary N) is 1. The molecule has 0 saturated carbocycles. The van der Waals surface area contributed by atoms with Crippen molar-refractivity contribution in [2.45, 2.75) is 26.4 Å². The highest BCUT2D eigenvalue weighted by Gasteiger charge is 2.26. The van der Waals surface area contributed by atoms with Crippen molar-refractivity contribution in [3.8, 4) is 11.5 Å². The van der Waals surface area contributed by atoms with Gasteiger partial charge in [-0.15, -0.1) is 12.4 Å². The van der Waals surface area contributed by atoms with Gasteiger partial charge in [0.25, 0.3) is 5.91 Å². The molecule has 6 nitrogen and oxygen atoms in total. The minimum atomic E-state index is -0.210. The molecule has 29 heavy (non-hydrogen) atoms. The molecule has 0 spiro atoms. The number of nitrogens with zero attached hydrogens (tertiary/aromatic N) is 1. The van der Waals surface area contributed by atoms with Gasteiger partial charge in [0.1, 0.15) is 0 Å².